The topological polar surface area (TPSA) is 77.8 Å². The van der Waals surface area contributed by atoms with Crippen LogP contribution in [-0.4, -0.2) is 33.6 Å². The summed E-state index contributed by atoms with van der Waals surface area (Å²) in [6.07, 6.45) is 0.524. The number of ketones is 1. The van der Waals surface area contributed by atoms with Gasteiger partial charge in [-0.15, -0.1) is 0 Å². The van der Waals surface area contributed by atoms with Gasteiger partial charge in [0.2, 0.25) is 0 Å². The van der Waals surface area contributed by atoms with Crippen molar-refractivity contribution in [2.75, 3.05) is 6.54 Å². The highest BCUT2D eigenvalue weighted by Crippen LogP contribution is 2.08. The van der Waals surface area contributed by atoms with E-state index in [9.17, 15) is 9.59 Å². The summed E-state index contributed by atoms with van der Waals surface area (Å²) >= 11 is 0. The van der Waals surface area contributed by atoms with Gasteiger partial charge < -0.3 is 5.11 Å². The lowest BCUT2D eigenvalue weighted by molar-refractivity contribution is -0.161. The lowest BCUT2D eigenvalue weighted by Gasteiger charge is -1.99. The first kappa shape index (κ1) is 6.76. The van der Waals surface area contributed by atoms with Crippen LogP contribution in [0.3, 0.4) is 0 Å². The fourth-order valence-corrected chi connectivity index (χ4v) is 0.659. The highest BCUT2D eigenvalue weighted by molar-refractivity contribution is 6.44. The highest BCUT2D eigenvalue weighted by atomic mass is 16.5. The third-order valence-corrected chi connectivity index (χ3v) is 1.20. The molecule has 2 N–H and O–H groups in total. The maximum atomic E-state index is 10.6. The predicted octanol–water partition coefficient (Wildman–Crippen LogP) is -0.771. The number of aliphatic hydroxyl groups excluding tert-OH is 1. The van der Waals surface area contributed by atoms with Gasteiger partial charge in [0.25, 0.3) is 5.78 Å². The SMILES string of the molecule is O=C1C(=O)N(O)CC1=CO. The molecule has 1 saturated heterocycles. The third kappa shape index (κ3) is 0.763. The zero-order chi connectivity index (χ0) is 7.72. The zero-order valence-corrected chi connectivity index (χ0v) is 4.94. The van der Waals surface area contributed by atoms with E-state index in [0.717, 1.165) is 0 Å². The van der Waals surface area contributed by atoms with Crippen LogP contribution in [0.2, 0.25) is 0 Å². The second-order valence-electron chi connectivity index (χ2n) is 1.85. The number of Topliss-reactive ketones (excluding diaryl/α,β-unsaturated/α-hetero) is 1. The minimum atomic E-state index is -1.000. The Morgan fingerprint density at radius 2 is 2.10 bits per heavy atom. The molecule has 0 aromatic rings. The summed E-state index contributed by atoms with van der Waals surface area (Å²) in [5.74, 6) is -1.86. The quantitative estimate of drug-likeness (QED) is 0.202. The van der Waals surface area contributed by atoms with Crippen molar-refractivity contribution in [3.8, 4) is 0 Å². The van der Waals surface area contributed by atoms with E-state index in [1.165, 1.54) is 0 Å². The summed E-state index contributed by atoms with van der Waals surface area (Å²) in [5.41, 5.74) is -0.0903. The molecule has 1 aliphatic heterocycles. The largest absolute Gasteiger partial charge is 0.515 e. The van der Waals surface area contributed by atoms with Gasteiger partial charge in [-0.3, -0.25) is 14.8 Å². The summed E-state index contributed by atoms with van der Waals surface area (Å²) in [6.45, 7) is -0.228. The molecule has 5 heteroatoms. The fourth-order valence-electron chi connectivity index (χ4n) is 0.659. The van der Waals surface area contributed by atoms with E-state index in [2.05, 4.69) is 0 Å². The van der Waals surface area contributed by atoms with Crippen molar-refractivity contribution in [1.29, 1.82) is 0 Å². The van der Waals surface area contributed by atoms with Gasteiger partial charge in [0.05, 0.1) is 18.4 Å². The van der Waals surface area contributed by atoms with E-state index in [0.29, 0.717) is 6.26 Å². The minimum Gasteiger partial charge on any atom is -0.515 e. The van der Waals surface area contributed by atoms with Crippen molar-refractivity contribution in [1.82, 2.24) is 5.06 Å². The molecule has 5 nitrogen and oxygen atoms in total. The molecule has 0 unspecified atom stereocenters. The summed E-state index contributed by atoms with van der Waals surface area (Å²) in [5, 5.41) is 17.1. The first-order chi connectivity index (χ1) is 4.66. The molecule has 10 heavy (non-hydrogen) atoms. The van der Waals surface area contributed by atoms with Crippen molar-refractivity contribution in [2.45, 2.75) is 0 Å². The number of hydroxylamine groups is 2. The predicted molar refractivity (Wildman–Crippen MR) is 29.2 cm³/mol. The van der Waals surface area contributed by atoms with Gasteiger partial charge in [-0.05, 0) is 0 Å². The summed E-state index contributed by atoms with van der Waals surface area (Å²) in [4.78, 5) is 21.0. The molecule has 0 aromatic heterocycles. The molecule has 54 valence electrons. The van der Waals surface area contributed by atoms with Gasteiger partial charge in [0.1, 0.15) is 0 Å². The molecule has 1 aliphatic rings. The van der Waals surface area contributed by atoms with Crippen LogP contribution in [0.5, 0.6) is 0 Å². The molecular formula is C5H5NO4. The molecule has 1 rings (SSSR count). The smallest absolute Gasteiger partial charge is 0.318 e. The molecule has 1 amide bonds. The Balaban J connectivity index is 2.92. The number of hydrogen-bond donors (Lipinski definition) is 2. The van der Waals surface area contributed by atoms with Crippen LogP contribution >= 0.6 is 0 Å². The fraction of sp³-hybridized carbons (Fsp3) is 0.200. The number of amides is 1. The van der Waals surface area contributed by atoms with Crippen LogP contribution in [0.1, 0.15) is 0 Å². The van der Waals surface area contributed by atoms with Crippen LogP contribution in [0.25, 0.3) is 0 Å². The summed E-state index contributed by atoms with van der Waals surface area (Å²) in [6, 6.07) is 0. The lowest BCUT2D eigenvalue weighted by atomic mass is 10.2. The second-order valence-corrected chi connectivity index (χ2v) is 1.85. The Kier molecular flexibility index (Phi) is 1.42. The van der Waals surface area contributed by atoms with Crippen molar-refractivity contribution >= 4 is 11.7 Å². The van der Waals surface area contributed by atoms with E-state index >= 15 is 0 Å². The van der Waals surface area contributed by atoms with Gasteiger partial charge in [-0.1, -0.05) is 0 Å². The molecule has 0 aliphatic carbocycles. The molecular weight excluding hydrogens is 138 g/mol. The van der Waals surface area contributed by atoms with Crippen LogP contribution in [0.4, 0.5) is 0 Å². The maximum Gasteiger partial charge on any atom is 0.318 e. The molecule has 0 bridgehead atoms. The Labute approximate surface area is 56.1 Å². The Hall–Kier alpha value is -1.36. The molecule has 1 fully saturated rings. The third-order valence-electron chi connectivity index (χ3n) is 1.20. The van der Waals surface area contributed by atoms with E-state index in [1.807, 2.05) is 0 Å². The number of carbonyl (C=O) groups excluding carboxylic acids is 2. The average molecular weight is 143 g/mol. The maximum absolute atomic E-state index is 10.6. The van der Waals surface area contributed by atoms with Crippen LogP contribution < -0.4 is 0 Å². The normalized spacial score (nSPS) is 22.9. The lowest BCUT2D eigenvalue weighted by Crippen LogP contribution is -2.22. The zero-order valence-electron chi connectivity index (χ0n) is 4.94. The Bertz CT molecular complexity index is 220. The van der Waals surface area contributed by atoms with Gasteiger partial charge >= 0.3 is 5.91 Å². The molecule has 0 radical (unpaired) electrons. The molecule has 0 atom stereocenters. The number of hydrogen-bond acceptors (Lipinski definition) is 4. The van der Waals surface area contributed by atoms with Crippen molar-refractivity contribution in [3.05, 3.63) is 11.8 Å². The molecule has 0 spiro atoms. The highest BCUT2D eigenvalue weighted by Gasteiger charge is 2.33. The number of aliphatic hydroxyl groups is 1. The van der Waals surface area contributed by atoms with Crippen LogP contribution in [-0.2, 0) is 9.59 Å². The van der Waals surface area contributed by atoms with Crippen LogP contribution in [0.15, 0.2) is 11.8 Å². The van der Waals surface area contributed by atoms with Gasteiger partial charge in [0.15, 0.2) is 0 Å². The Morgan fingerprint density at radius 1 is 1.50 bits per heavy atom. The standard InChI is InChI=1S/C5H5NO4/c7-2-3-1-6(10)5(9)4(3)8/h2,7,10H,1H2. The number of nitrogens with zero attached hydrogens (tertiary/aromatic N) is 1. The van der Waals surface area contributed by atoms with Gasteiger partial charge in [0, 0.05) is 0 Å². The van der Waals surface area contributed by atoms with E-state index in [1.54, 1.807) is 0 Å². The Morgan fingerprint density at radius 3 is 2.30 bits per heavy atom. The van der Waals surface area contributed by atoms with E-state index < -0.39 is 11.7 Å². The second kappa shape index (κ2) is 2.11. The van der Waals surface area contributed by atoms with Gasteiger partial charge in [-0.25, -0.2) is 5.06 Å². The van der Waals surface area contributed by atoms with E-state index in [-0.39, 0.29) is 17.2 Å². The van der Waals surface area contributed by atoms with E-state index in [4.69, 9.17) is 10.3 Å². The average Bonchev–Trinajstić information content (AvgIpc) is 2.17. The first-order valence-corrected chi connectivity index (χ1v) is 2.55. The molecule has 0 aromatic carbocycles. The van der Waals surface area contributed by atoms with Crippen LogP contribution in [0, 0.1) is 0 Å². The van der Waals surface area contributed by atoms with Crippen molar-refractivity contribution < 1.29 is 19.9 Å². The summed E-state index contributed by atoms with van der Waals surface area (Å²) in [7, 11) is 0. The number of carbonyl (C=O) groups is 2. The van der Waals surface area contributed by atoms with Crippen molar-refractivity contribution in [3.63, 3.8) is 0 Å². The minimum absolute atomic E-state index is 0.0903. The molecule has 1 heterocycles. The van der Waals surface area contributed by atoms with Gasteiger partial charge in [-0.2, -0.15) is 0 Å². The summed E-state index contributed by atoms with van der Waals surface area (Å²) < 4.78 is 0. The monoisotopic (exact) mass is 143 g/mol. The number of rotatable bonds is 0. The van der Waals surface area contributed by atoms with Crippen molar-refractivity contribution in [2.24, 2.45) is 0 Å². The molecule has 0 saturated carbocycles. The first-order valence-electron chi connectivity index (χ1n) is 2.55.